The molecule has 0 amide bonds. The molecule has 36 heavy (non-hydrogen) atoms. The molecule has 7 nitrogen and oxygen atoms in total. The Balaban J connectivity index is 1.53. The molecule has 2 N–H and O–H groups in total. The molecule has 0 saturated carbocycles. The first-order chi connectivity index (χ1) is 17.2. The average molecular weight is 511 g/mol. The maximum atomic E-state index is 15.4. The first-order valence-electron chi connectivity index (χ1n) is 11.5. The average Bonchev–Trinajstić information content (AvgIpc) is 3.47. The summed E-state index contributed by atoms with van der Waals surface area (Å²) in [7, 11) is -4.07. The summed E-state index contributed by atoms with van der Waals surface area (Å²) in [6.07, 6.45) is 4.38. The molecule has 0 spiro atoms. The van der Waals surface area contributed by atoms with Gasteiger partial charge in [0.05, 0.1) is 11.3 Å². The van der Waals surface area contributed by atoms with Crippen LogP contribution < -0.4 is 4.72 Å². The van der Waals surface area contributed by atoms with E-state index in [4.69, 9.17) is 0 Å². The number of aryl methyl sites for hydroxylation is 1. The standard InChI is InChI=1S/C26H24F2N4O3S/c1-15-5-7-17(8-6-15)18-12-19-20(14-30-26(19)29-13-18)25(33)23-21(27)9-10-22(24(23)28)31-36(34,35)32-11-3-4-16(32)2/h5-10,12-14,16,31H,3-4,11H2,1-2H3,(H,29,30)/t16-/m0/s1. The molecule has 0 radical (unpaired) electrons. The second-order valence-electron chi connectivity index (χ2n) is 9.01. The number of benzene rings is 2. The zero-order valence-electron chi connectivity index (χ0n) is 19.7. The van der Waals surface area contributed by atoms with Gasteiger partial charge in [-0.25, -0.2) is 13.8 Å². The molecular formula is C26H24F2N4O3S. The smallest absolute Gasteiger partial charge is 0.301 e. The fourth-order valence-electron chi connectivity index (χ4n) is 4.53. The molecule has 3 heterocycles. The molecule has 1 fully saturated rings. The first-order valence-corrected chi connectivity index (χ1v) is 13.0. The van der Waals surface area contributed by atoms with E-state index in [2.05, 4.69) is 14.7 Å². The highest BCUT2D eigenvalue weighted by Crippen LogP contribution is 2.30. The number of H-pyrrole nitrogens is 1. The molecule has 0 unspecified atom stereocenters. The molecule has 1 atom stereocenters. The van der Waals surface area contributed by atoms with Crippen LogP contribution in [-0.2, 0) is 10.2 Å². The minimum absolute atomic E-state index is 0.0254. The van der Waals surface area contributed by atoms with E-state index in [1.54, 1.807) is 19.2 Å². The number of hydrogen-bond donors (Lipinski definition) is 2. The van der Waals surface area contributed by atoms with E-state index in [-0.39, 0.29) is 11.6 Å². The molecule has 2 aromatic carbocycles. The minimum atomic E-state index is -4.07. The number of hydrogen-bond acceptors (Lipinski definition) is 4. The van der Waals surface area contributed by atoms with Crippen LogP contribution in [0.25, 0.3) is 22.2 Å². The van der Waals surface area contributed by atoms with Crippen molar-refractivity contribution in [3.05, 3.63) is 83.2 Å². The number of halogens is 2. The van der Waals surface area contributed by atoms with Crippen molar-refractivity contribution in [1.29, 1.82) is 0 Å². The highest BCUT2D eigenvalue weighted by molar-refractivity contribution is 7.90. The maximum absolute atomic E-state index is 15.4. The van der Waals surface area contributed by atoms with Crippen LogP contribution in [0, 0.1) is 18.6 Å². The van der Waals surface area contributed by atoms with Gasteiger partial charge in [-0.3, -0.25) is 9.52 Å². The zero-order chi connectivity index (χ0) is 25.6. The van der Waals surface area contributed by atoms with Gasteiger partial charge in [-0.2, -0.15) is 12.7 Å². The zero-order valence-corrected chi connectivity index (χ0v) is 20.5. The third kappa shape index (κ3) is 4.27. The number of aromatic amines is 1. The number of nitrogens with one attached hydrogen (secondary N) is 2. The number of anilines is 1. The van der Waals surface area contributed by atoms with Gasteiger partial charge in [0.1, 0.15) is 11.5 Å². The molecule has 2 aromatic heterocycles. The summed E-state index contributed by atoms with van der Waals surface area (Å²) in [5.74, 6) is -3.28. The van der Waals surface area contributed by atoms with Crippen LogP contribution in [0.4, 0.5) is 14.5 Å². The van der Waals surface area contributed by atoms with Crippen molar-refractivity contribution in [2.75, 3.05) is 11.3 Å². The Hall–Kier alpha value is -3.63. The molecular weight excluding hydrogens is 486 g/mol. The van der Waals surface area contributed by atoms with Crippen molar-refractivity contribution in [2.24, 2.45) is 0 Å². The van der Waals surface area contributed by atoms with Gasteiger partial charge in [0, 0.05) is 41.5 Å². The Kier molecular flexibility index (Phi) is 6.09. The van der Waals surface area contributed by atoms with Crippen LogP contribution in [-0.4, -0.2) is 41.1 Å². The number of aromatic nitrogens is 2. The van der Waals surface area contributed by atoms with Gasteiger partial charge in [-0.05, 0) is 50.5 Å². The van der Waals surface area contributed by atoms with Gasteiger partial charge >= 0.3 is 10.2 Å². The Morgan fingerprint density at radius 2 is 1.89 bits per heavy atom. The van der Waals surface area contributed by atoms with Gasteiger partial charge in [-0.15, -0.1) is 0 Å². The Morgan fingerprint density at radius 3 is 2.58 bits per heavy atom. The van der Waals surface area contributed by atoms with E-state index in [9.17, 15) is 17.6 Å². The van der Waals surface area contributed by atoms with E-state index in [1.165, 1.54) is 10.5 Å². The van der Waals surface area contributed by atoms with E-state index < -0.39 is 38.9 Å². The third-order valence-electron chi connectivity index (χ3n) is 6.52. The predicted octanol–water partition coefficient (Wildman–Crippen LogP) is 5.19. The van der Waals surface area contributed by atoms with Crippen molar-refractivity contribution in [3.8, 4) is 11.1 Å². The number of rotatable bonds is 6. The van der Waals surface area contributed by atoms with Crippen LogP contribution in [0.1, 0.15) is 41.3 Å². The van der Waals surface area contributed by atoms with E-state index in [0.29, 0.717) is 30.4 Å². The molecule has 4 aromatic rings. The van der Waals surface area contributed by atoms with Gasteiger partial charge in [0.15, 0.2) is 5.82 Å². The van der Waals surface area contributed by atoms with Crippen LogP contribution in [0.2, 0.25) is 0 Å². The molecule has 1 aliphatic heterocycles. The lowest BCUT2D eigenvalue weighted by atomic mass is 9.99. The summed E-state index contributed by atoms with van der Waals surface area (Å²) in [6.45, 7) is 4.03. The summed E-state index contributed by atoms with van der Waals surface area (Å²) in [5, 5.41) is 0.397. The quantitative estimate of drug-likeness (QED) is 0.349. The molecule has 0 bridgehead atoms. The monoisotopic (exact) mass is 510 g/mol. The maximum Gasteiger partial charge on any atom is 0.301 e. The number of nitrogens with zero attached hydrogens (tertiary/aromatic N) is 2. The van der Waals surface area contributed by atoms with Crippen molar-refractivity contribution < 1.29 is 22.0 Å². The van der Waals surface area contributed by atoms with Crippen LogP contribution in [0.3, 0.4) is 0 Å². The van der Waals surface area contributed by atoms with Crippen LogP contribution in [0.5, 0.6) is 0 Å². The molecule has 5 rings (SSSR count). The van der Waals surface area contributed by atoms with E-state index in [1.807, 2.05) is 31.2 Å². The van der Waals surface area contributed by atoms with Gasteiger partial charge in [0.2, 0.25) is 5.78 Å². The molecule has 1 aliphatic rings. The lowest BCUT2D eigenvalue weighted by Crippen LogP contribution is -2.38. The van der Waals surface area contributed by atoms with E-state index in [0.717, 1.165) is 28.8 Å². The Morgan fingerprint density at radius 1 is 1.14 bits per heavy atom. The fraction of sp³-hybridized carbons (Fsp3) is 0.231. The van der Waals surface area contributed by atoms with Crippen LogP contribution >= 0.6 is 0 Å². The summed E-state index contributed by atoms with van der Waals surface area (Å²) < 4.78 is 59.2. The largest absolute Gasteiger partial charge is 0.345 e. The van der Waals surface area contributed by atoms with Crippen molar-refractivity contribution in [2.45, 2.75) is 32.7 Å². The highest BCUT2D eigenvalue weighted by atomic mass is 32.2. The normalized spacial score (nSPS) is 16.5. The highest BCUT2D eigenvalue weighted by Gasteiger charge is 2.33. The van der Waals surface area contributed by atoms with Gasteiger partial charge in [0.25, 0.3) is 0 Å². The second-order valence-corrected chi connectivity index (χ2v) is 10.6. The number of ketones is 1. The summed E-state index contributed by atoms with van der Waals surface area (Å²) >= 11 is 0. The predicted molar refractivity (Wildman–Crippen MR) is 134 cm³/mol. The SMILES string of the molecule is Cc1ccc(-c2cnc3[nH]cc(C(=O)c4c(F)ccc(NS(=O)(=O)N5CCC[C@@H]5C)c4F)c3c2)cc1. The lowest BCUT2D eigenvalue weighted by molar-refractivity contribution is 0.103. The Labute approximate surface area is 207 Å². The molecule has 10 heteroatoms. The number of carbonyl (C=O) groups excluding carboxylic acids is 1. The Bertz CT molecular complexity index is 1580. The van der Waals surface area contributed by atoms with Crippen molar-refractivity contribution in [3.63, 3.8) is 0 Å². The number of carbonyl (C=O) groups is 1. The lowest BCUT2D eigenvalue weighted by Gasteiger charge is -2.22. The molecule has 0 aliphatic carbocycles. The number of pyridine rings is 1. The van der Waals surface area contributed by atoms with Crippen LogP contribution in [0.15, 0.2) is 54.9 Å². The first kappa shape index (κ1) is 24.1. The van der Waals surface area contributed by atoms with Gasteiger partial charge < -0.3 is 4.98 Å². The van der Waals surface area contributed by atoms with Gasteiger partial charge in [-0.1, -0.05) is 29.8 Å². The number of fused-ring (bicyclic) bond motifs is 1. The fourth-order valence-corrected chi connectivity index (χ4v) is 6.03. The molecule has 1 saturated heterocycles. The van der Waals surface area contributed by atoms with Crippen molar-refractivity contribution >= 4 is 32.7 Å². The third-order valence-corrected chi connectivity index (χ3v) is 8.16. The summed E-state index contributed by atoms with van der Waals surface area (Å²) in [4.78, 5) is 20.6. The minimum Gasteiger partial charge on any atom is -0.345 e. The van der Waals surface area contributed by atoms with E-state index >= 15 is 4.39 Å². The second kappa shape index (κ2) is 9.11. The summed E-state index contributed by atoms with van der Waals surface area (Å²) in [5.41, 5.74) is 1.78. The topological polar surface area (TPSA) is 95.2 Å². The summed E-state index contributed by atoms with van der Waals surface area (Å²) in [6, 6.07) is 11.1. The van der Waals surface area contributed by atoms with Crippen molar-refractivity contribution in [1.82, 2.24) is 14.3 Å². The molecule has 186 valence electrons.